The number of benzene rings is 2. The largest absolute Gasteiger partial charge is 0.480 e. The number of amides is 4. The number of rotatable bonds is 8. The molecule has 1 aliphatic heterocycles. The topological polar surface area (TPSA) is 128 Å². The molecule has 174 valence electrons. The van der Waals surface area contributed by atoms with Crippen molar-refractivity contribution in [1.82, 2.24) is 10.6 Å². The van der Waals surface area contributed by atoms with Gasteiger partial charge in [-0.05, 0) is 30.0 Å². The Kier molecular flexibility index (Phi) is 7.66. The Balaban J connectivity index is 1.74. The molecule has 4 amide bonds. The van der Waals surface area contributed by atoms with Gasteiger partial charge < -0.3 is 21.1 Å². The van der Waals surface area contributed by atoms with E-state index in [2.05, 4.69) is 16.0 Å². The van der Waals surface area contributed by atoms with Crippen LogP contribution in [0, 0.1) is 5.92 Å². The van der Waals surface area contributed by atoms with E-state index in [-0.39, 0.29) is 24.8 Å². The summed E-state index contributed by atoms with van der Waals surface area (Å²) in [5.74, 6) is -2.04. The molecular weight excluding hydrogens is 424 g/mol. The number of hydrogen-bond acceptors (Lipinski definition) is 4. The third kappa shape index (κ3) is 6.31. The zero-order valence-electron chi connectivity index (χ0n) is 18.6. The van der Waals surface area contributed by atoms with Gasteiger partial charge in [0.15, 0.2) is 0 Å². The Morgan fingerprint density at radius 3 is 2.33 bits per heavy atom. The molecule has 4 N–H and O–H groups in total. The predicted molar refractivity (Wildman–Crippen MR) is 124 cm³/mol. The normalized spacial score (nSPS) is 14.6. The van der Waals surface area contributed by atoms with E-state index in [9.17, 15) is 24.3 Å². The molecule has 0 fully saturated rings. The van der Waals surface area contributed by atoms with E-state index in [0.29, 0.717) is 17.8 Å². The van der Waals surface area contributed by atoms with Gasteiger partial charge in [0, 0.05) is 6.42 Å². The molecular formula is C24H28N4O5. The highest BCUT2D eigenvalue weighted by molar-refractivity contribution is 6.10. The van der Waals surface area contributed by atoms with Crippen molar-refractivity contribution in [2.75, 3.05) is 16.8 Å². The van der Waals surface area contributed by atoms with Crippen LogP contribution in [0.5, 0.6) is 0 Å². The average molecular weight is 453 g/mol. The van der Waals surface area contributed by atoms with Crippen LogP contribution in [0.3, 0.4) is 0 Å². The number of urea groups is 1. The summed E-state index contributed by atoms with van der Waals surface area (Å²) >= 11 is 0. The number of nitrogens with one attached hydrogen (secondary N) is 3. The first kappa shape index (κ1) is 23.8. The number of para-hydroxylation sites is 2. The monoisotopic (exact) mass is 452 g/mol. The lowest BCUT2D eigenvalue weighted by atomic mass is 10.0. The summed E-state index contributed by atoms with van der Waals surface area (Å²) in [5.41, 5.74) is 1.79. The molecule has 2 atom stereocenters. The number of carboxylic acids is 1. The van der Waals surface area contributed by atoms with Gasteiger partial charge in [0.05, 0.1) is 11.4 Å². The smallest absolute Gasteiger partial charge is 0.326 e. The molecule has 9 nitrogen and oxygen atoms in total. The van der Waals surface area contributed by atoms with Crippen molar-refractivity contribution in [2.45, 2.75) is 38.8 Å². The minimum atomic E-state index is -1.16. The van der Waals surface area contributed by atoms with Crippen molar-refractivity contribution in [3.63, 3.8) is 0 Å². The molecule has 0 radical (unpaired) electrons. The molecule has 0 bridgehead atoms. The lowest BCUT2D eigenvalue weighted by Gasteiger charge is -2.31. The van der Waals surface area contributed by atoms with E-state index in [4.69, 9.17) is 0 Å². The van der Waals surface area contributed by atoms with Gasteiger partial charge in [0.25, 0.3) is 0 Å². The molecule has 0 aliphatic carbocycles. The zero-order valence-corrected chi connectivity index (χ0v) is 18.6. The van der Waals surface area contributed by atoms with Crippen molar-refractivity contribution in [3.05, 3.63) is 60.2 Å². The predicted octanol–water partition coefficient (Wildman–Crippen LogP) is 2.38. The lowest BCUT2D eigenvalue weighted by Crippen LogP contribution is -2.56. The number of fused-ring (bicyclic) bond motifs is 1. The van der Waals surface area contributed by atoms with Gasteiger partial charge in [-0.2, -0.15) is 0 Å². The lowest BCUT2D eigenvalue weighted by molar-refractivity contribution is -0.142. The van der Waals surface area contributed by atoms with Gasteiger partial charge in [-0.3, -0.25) is 14.5 Å². The van der Waals surface area contributed by atoms with Crippen LogP contribution in [0.1, 0.15) is 25.8 Å². The summed E-state index contributed by atoms with van der Waals surface area (Å²) in [5, 5.41) is 17.6. The third-order valence-electron chi connectivity index (χ3n) is 5.23. The average Bonchev–Trinajstić information content (AvgIpc) is 2.77. The molecule has 3 rings (SSSR count). The molecule has 2 aromatic carbocycles. The van der Waals surface area contributed by atoms with E-state index in [1.807, 2.05) is 19.9 Å². The second-order valence-electron chi connectivity index (χ2n) is 8.37. The first-order valence-electron chi connectivity index (χ1n) is 10.8. The summed E-state index contributed by atoms with van der Waals surface area (Å²) in [6.07, 6.45) is 0.418. The highest BCUT2D eigenvalue weighted by Crippen LogP contribution is 2.28. The fraction of sp³-hybridized carbons (Fsp3) is 0.333. The van der Waals surface area contributed by atoms with Gasteiger partial charge in [-0.25, -0.2) is 9.59 Å². The quantitative estimate of drug-likeness (QED) is 0.489. The maximum Gasteiger partial charge on any atom is 0.326 e. The number of aliphatic carboxylic acids is 1. The van der Waals surface area contributed by atoms with Crippen LogP contribution in [-0.2, 0) is 20.8 Å². The van der Waals surface area contributed by atoms with Crippen LogP contribution in [0.2, 0.25) is 0 Å². The molecule has 1 heterocycles. The standard InChI is InChI=1S/C24H28N4O5/c1-15(2)12-18(22(30)26-19(23(31)32)13-16-8-4-3-5-9-16)27-24(33)28-14-21(29)25-17-10-6-7-11-20(17)28/h3-11,15,18-19H,12-14H2,1-2H3,(H,25,29)(H,26,30)(H,27,33)(H,31,32)/t18-,19+/m0/s1. The Bertz CT molecular complexity index is 1020. The summed E-state index contributed by atoms with van der Waals surface area (Å²) in [6.45, 7) is 3.61. The number of anilines is 2. The molecule has 0 saturated heterocycles. The maximum absolute atomic E-state index is 13.1. The van der Waals surface area contributed by atoms with Gasteiger partial charge in [0.2, 0.25) is 11.8 Å². The molecule has 2 aromatic rings. The molecule has 0 aromatic heterocycles. The molecule has 0 spiro atoms. The number of carbonyl (C=O) groups is 4. The zero-order chi connectivity index (χ0) is 24.0. The minimum Gasteiger partial charge on any atom is -0.480 e. The van der Waals surface area contributed by atoms with Crippen molar-refractivity contribution in [1.29, 1.82) is 0 Å². The Morgan fingerprint density at radius 1 is 1.00 bits per heavy atom. The SMILES string of the molecule is CC(C)C[C@H](NC(=O)N1CC(=O)Nc2ccccc21)C(=O)N[C@H](Cc1ccccc1)C(=O)O. The molecule has 33 heavy (non-hydrogen) atoms. The van der Waals surface area contributed by atoms with Crippen molar-refractivity contribution < 1.29 is 24.3 Å². The molecule has 1 aliphatic rings. The summed E-state index contributed by atoms with van der Waals surface area (Å²) < 4.78 is 0. The Labute approximate surface area is 192 Å². The number of hydrogen-bond donors (Lipinski definition) is 4. The van der Waals surface area contributed by atoms with Crippen LogP contribution in [0.15, 0.2) is 54.6 Å². The van der Waals surface area contributed by atoms with Crippen molar-refractivity contribution >= 4 is 35.2 Å². The van der Waals surface area contributed by atoms with Crippen LogP contribution in [0.25, 0.3) is 0 Å². The fourth-order valence-corrected chi connectivity index (χ4v) is 3.67. The van der Waals surface area contributed by atoms with E-state index in [0.717, 1.165) is 5.56 Å². The van der Waals surface area contributed by atoms with Gasteiger partial charge >= 0.3 is 12.0 Å². The second-order valence-corrected chi connectivity index (χ2v) is 8.37. The van der Waals surface area contributed by atoms with Crippen molar-refractivity contribution in [2.24, 2.45) is 5.92 Å². The van der Waals surface area contributed by atoms with Gasteiger partial charge in [-0.15, -0.1) is 0 Å². The summed E-state index contributed by atoms with van der Waals surface area (Å²) in [6, 6.07) is 13.2. The minimum absolute atomic E-state index is 0.0513. The number of nitrogens with zero attached hydrogens (tertiary/aromatic N) is 1. The van der Waals surface area contributed by atoms with Crippen LogP contribution in [-0.4, -0.2) is 47.5 Å². The highest BCUT2D eigenvalue weighted by atomic mass is 16.4. The van der Waals surface area contributed by atoms with E-state index in [1.165, 1.54) is 4.90 Å². The number of carbonyl (C=O) groups excluding carboxylic acids is 3. The van der Waals surface area contributed by atoms with Crippen molar-refractivity contribution in [3.8, 4) is 0 Å². The third-order valence-corrected chi connectivity index (χ3v) is 5.23. The molecule has 0 unspecified atom stereocenters. The summed E-state index contributed by atoms with van der Waals surface area (Å²) in [4.78, 5) is 51.2. The summed E-state index contributed by atoms with van der Waals surface area (Å²) in [7, 11) is 0. The van der Waals surface area contributed by atoms with Crippen LogP contribution >= 0.6 is 0 Å². The molecule has 0 saturated carbocycles. The Morgan fingerprint density at radius 2 is 1.67 bits per heavy atom. The fourth-order valence-electron chi connectivity index (χ4n) is 3.67. The first-order valence-corrected chi connectivity index (χ1v) is 10.8. The Hall–Kier alpha value is -3.88. The van der Waals surface area contributed by atoms with Crippen LogP contribution in [0.4, 0.5) is 16.2 Å². The van der Waals surface area contributed by atoms with Gasteiger partial charge in [0.1, 0.15) is 18.6 Å². The van der Waals surface area contributed by atoms with Gasteiger partial charge in [-0.1, -0.05) is 56.3 Å². The van der Waals surface area contributed by atoms with E-state index < -0.39 is 30.0 Å². The van der Waals surface area contributed by atoms with E-state index >= 15 is 0 Å². The maximum atomic E-state index is 13.1. The highest BCUT2D eigenvalue weighted by Gasteiger charge is 2.31. The first-order chi connectivity index (χ1) is 15.7. The number of carboxylic acid groups (broad SMARTS) is 1. The van der Waals surface area contributed by atoms with E-state index in [1.54, 1.807) is 48.5 Å². The second kappa shape index (κ2) is 10.6. The van der Waals surface area contributed by atoms with Crippen LogP contribution < -0.4 is 20.9 Å². The molecule has 9 heteroatoms.